The Labute approximate surface area is 91.1 Å². The number of fused-ring (bicyclic) bond motifs is 1. The summed E-state index contributed by atoms with van der Waals surface area (Å²) in [5.74, 6) is -0.870. The molecular weight excluding hydrogens is 208 g/mol. The third-order valence-electron chi connectivity index (χ3n) is 2.20. The Morgan fingerprint density at radius 1 is 1.44 bits per heavy atom. The molecule has 0 saturated carbocycles. The van der Waals surface area contributed by atoms with Crippen LogP contribution in [0.25, 0.3) is 5.65 Å². The first-order valence-electron chi connectivity index (χ1n) is 4.63. The molecule has 0 aliphatic heterocycles. The van der Waals surface area contributed by atoms with Crippen molar-refractivity contribution in [2.24, 2.45) is 5.73 Å². The molecule has 3 N–H and O–H groups in total. The molecule has 2 rings (SSSR count). The van der Waals surface area contributed by atoms with E-state index >= 15 is 0 Å². The minimum atomic E-state index is -0.563. The zero-order valence-electron chi connectivity index (χ0n) is 8.60. The zero-order chi connectivity index (χ0) is 11.7. The number of hydrogen-bond acceptors (Lipinski definition) is 3. The first-order valence-corrected chi connectivity index (χ1v) is 4.63. The maximum Gasteiger partial charge on any atom is 0.271 e. The van der Waals surface area contributed by atoms with E-state index in [4.69, 9.17) is 5.73 Å². The normalized spacial score (nSPS) is 10.3. The summed E-state index contributed by atoms with van der Waals surface area (Å²) in [6.07, 6.45) is 1.48. The van der Waals surface area contributed by atoms with Gasteiger partial charge >= 0.3 is 0 Å². The maximum atomic E-state index is 11.4. The molecule has 6 nitrogen and oxygen atoms in total. The lowest BCUT2D eigenvalue weighted by Gasteiger charge is -1.98. The van der Waals surface area contributed by atoms with Crippen LogP contribution in [-0.2, 0) is 0 Å². The largest absolute Gasteiger partial charge is 0.364 e. The van der Waals surface area contributed by atoms with Crippen LogP contribution in [0.4, 0.5) is 0 Å². The number of imidazole rings is 1. The van der Waals surface area contributed by atoms with Gasteiger partial charge in [-0.2, -0.15) is 0 Å². The molecular formula is C10H10N4O2. The third-order valence-corrected chi connectivity index (χ3v) is 2.20. The van der Waals surface area contributed by atoms with E-state index in [1.54, 1.807) is 18.2 Å². The van der Waals surface area contributed by atoms with E-state index in [0.29, 0.717) is 11.3 Å². The van der Waals surface area contributed by atoms with Crippen LogP contribution in [0.3, 0.4) is 0 Å². The molecule has 0 aliphatic rings. The maximum absolute atomic E-state index is 11.4. The smallest absolute Gasteiger partial charge is 0.271 e. The van der Waals surface area contributed by atoms with Crippen molar-refractivity contribution >= 4 is 17.5 Å². The van der Waals surface area contributed by atoms with Gasteiger partial charge in [-0.25, -0.2) is 4.98 Å². The van der Waals surface area contributed by atoms with Crippen LogP contribution in [0, 0.1) is 0 Å². The quantitative estimate of drug-likeness (QED) is 0.731. The summed E-state index contributed by atoms with van der Waals surface area (Å²) in [5, 5.41) is 2.46. The van der Waals surface area contributed by atoms with Crippen LogP contribution in [-0.4, -0.2) is 28.2 Å². The third kappa shape index (κ3) is 1.50. The van der Waals surface area contributed by atoms with E-state index in [-0.39, 0.29) is 11.6 Å². The number of nitrogens with one attached hydrogen (secondary N) is 1. The molecule has 2 amide bonds. The van der Waals surface area contributed by atoms with Crippen molar-refractivity contribution in [3.63, 3.8) is 0 Å². The van der Waals surface area contributed by atoms with Gasteiger partial charge in [0.2, 0.25) is 0 Å². The van der Waals surface area contributed by atoms with Crippen LogP contribution in [0.2, 0.25) is 0 Å². The molecule has 82 valence electrons. The topological polar surface area (TPSA) is 89.5 Å². The number of carbonyl (C=O) groups excluding carboxylic acids is 2. The monoisotopic (exact) mass is 218 g/mol. The van der Waals surface area contributed by atoms with Crippen molar-refractivity contribution in [3.8, 4) is 0 Å². The van der Waals surface area contributed by atoms with Crippen LogP contribution in [0.15, 0.2) is 24.4 Å². The zero-order valence-corrected chi connectivity index (χ0v) is 8.60. The molecule has 0 unspecified atom stereocenters. The van der Waals surface area contributed by atoms with E-state index < -0.39 is 5.91 Å². The number of rotatable bonds is 2. The molecule has 2 aromatic rings. The fourth-order valence-electron chi connectivity index (χ4n) is 1.45. The molecule has 6 heteroatoms. The van der Waals surface area contributed by atoms with Gasteiger partial charge in [-0.3, -0.25) is 14.0 Å². The number of nitrogens with two attached hydrogens (primary N) is 1. The van der Waals surface area contributed by atoms with Gasteiger partial charge in [-0.15, -0.1) is 0 Å². The molecule has 0 bridgehead atoms. The summed E-state index contributed by atoms with van der Waals surface area (Å²) in [6, 6.07) is 4.93. The Balaban J connectivity index is 2.65. The van der Waals surface area contributed by atoms with Gasteiger partial charge in [0.1, 0.15) is 17.0 Å². The van der Waals surface area contributed by atoms with Crippen molar-refractivity contribution in [3.05, 3.63) is 35.8 Å². The standard InChI is InChI=1S/C10H10N4O2/c1-12-10(16)6-5-14-7(9(11)15)3-2-4-8(14)13-6/h2-5H,1H3,(H2,11,15)(H,12,16). The number of nitrogens with zero attached hydrogens (tertiary/aromatic N) is 2. The highest BCUT2D eigenvalue weighted by molar-refractivity contribution is 5.94. The first kappa shape index (κ1) is 10.2. The van der Waals surface area contributed by atoms with Gasteiger partial charge in [-0.05, 0) is 12.1 Å². The number of amides is 2. The second kappa shape index (κ2) is 3.65. The van der Waals surface area contributed by atoms with Crippen molar-refractivity contribution in [1.82, 2.24) is 14.7 Å². The summed E-state index contributed by atoms with van der Waals surface area (Å²) in [7, 11) is 1.52. The average molecular weight is 218 g/mol. The molecule has 0 atom stereocenters. The summed E-state index contributed by atoms with van der Waals surface area (Å²) in [5.41, 5.74) is 6.26. The Morgan fingerprint density at radius 2 is 2.19 bits per heavy atom. The fourth-order valence-corrected chi connectivity index (χ4v) is 1.45. The number of carbonyl (C=O) groups is 2. The molecule has 2 heterocycles. The summed E-state index contributed by atoms with van der Waals surface area (Å²) >= 11 is 0. The number of pyridine rings is 1. The van der Waals surface area contributed by atoms with E-state index in [1.165, 1.54) is 17.6 Å². The van der Waals surface area contributed by atoms with Crippen LogP contribution in [0.1, 0.15) is 21.0 Å². The van der Waals surface area contributed by atoms with Gasteiger partial charge < -0.3 is 11.1 Å². The summed E-state index contributed by atoms with van der Waals surface area (Å²) < 4.78 is 1.49. The Morgan fingerprint density at radius 3 is 2.81 bits per heavy atom. The number of aromatic nitrogens is 2. The lowest BCUT2D eigenvalue weighted by atomic mass is 10.3. The summed E-state index contributed by atoms with van der Waals surface area (Å²) in [4.78, 5) is 26.6. The lowest BCUT2D eigenvalue weighted by molar-refractivity contribution is 0.0956. The van der Waals surface area contributed by atoms with Gasteiger partial charge in [-0.1, -0.05) is 6.07 Å². The van der Waals surface area contributed by atoms with Crippen molar-refractivity contribution < 1.29 is 9.59 Å². The fraction of sp³-hybridized carbons (Fsp3) is 0.100. The van der Waals surface area contributed by atoms with Crippen molar-refractivity contribution in [2.45, 2.75) is 0 Å². The molecule has 0 fully saturated rings. The summed E-state index contributed by atoms with van der Waals surface area (Å²) in [6.45, 7) is 0. The Bertz CT molecular complexity index is 573. The van der Waals surface area contributed by atoms with Crippen molar-refractivity contribution in [1.29, 1.82) is 0 Å². The molecule has 0 radical (unpaired) electrons. The predicted octanol–water partition coefficient (Wildman–Crippen LogP) is -0.207. The van der Waals surface area contributed by atoms with Gasteiger partial charge in [0, 0.05) is 13.2 Å². The van der Waals surface area contributed by atoms with E-state index in [1.807, 2.05) is 0 Å². The Hall–Kier alpha value is -2.37. The number of hydrogen-bond donors (Lipinski definition) is 2. The van der Waals surface area contributed by atoms with E-state index in [9.17, 15) is 9.59 Å². The molecule has 2 aromatic heterocycles. The Kier molecular flexibility index (Phi) is 2.32. The minimum Gasteiger partial charge on any atom is -0.364 e. The average Bonchev–Trinajstić information content (AvgIpc) is 2.70. The highest BCUT2D eigenvalue weighted by Crippen LogP contribution is 2.08. The van der Waals surface area contributed by atoms with Crippen LogP contribution >= 0.6 is 0 Å². The molecule has 0 spiro atoms. The lowest BCUT2D eigenvalue weighted by Crippen LogP contribution is -2.18. The van der Waals surface area contributed by atoms with Gasteiger partial charge in [0.05, 0.1) is 0 Å². The van der Waals surface area contributed by atoms with Crippen molar-refractivity contribution in [2.75, 3.05) is 7.05 Å². The SMILES string of the molecule is CNC(=O)c1cn2c(C(N)=O)cccc2n1. The van der Waals surface area contributed by atoms with Gasteiger partial charge in [0.15, 0.2) is 0 Å². The molecule has 0 saturated heterocycles. The molecule has 0 aromatic carbocycles. The van der Waals surface area contributed by atoms with E-state index in [2.05, 4.69) is 10.3 Å². The highest BCUT2D eigenvalue weighted by Gasteiger charge is 2.12. The molecule has 0 aliphatic carbocycles. The molecule has 16 heavy (non-hydrogen) atoms. The van der Waals surface area contributed by atoms with Crippen LogP contribution < -0.4 is 11.1 Å². The first-order chi connectivity index (χ1) is 7.63. The second-order valence-corrected chi connectivity index (χ2v) is 3.21. The van der Waals surface area contributed by atoms with Crippen LogP contribution in [0.5, 0.6) is 0 Å². The number of primary amides is 1. The minimum absolute atomic E-state index is 0.246. The highest BCUT2D eigenvalue weighted by atomic mass is 16.2. The second-order valence-electron chi connectivity index (χ2n) is 3.21. The van der Waals surface area contributed by atoms with E-state index in [0.717, 1.165) is 0 Å². The van der Waals surface area contributed by atoms with Gasteiger partial charge in [0.25, 0.3) is 11.8 Å². The predicted molar refractivity (Wildman–Crippen MR) is 57.1 cm³/mol.